The maximum Gasteiger partial charge on any atom is 0.222 e. The molecule has 0 bridgehead atoms. The quantitative estimate of drug-likeness (QED) is 0.787. The summed E-state index contributed by atoms with van der Waals surface area (Å²) in [6.45, 7) is 2.22. The number of likely N-dealkylation sites (tertiary alicyclic amines) is 1. The van der Waals surface area contributed by atoms with Gasteiger partial charge in [-0.3, -0.25) is 9.59 Å². The van der Waals surface area contributed by atoms with Gasteiger partial charge in [0.2, 0.25) is 11.8 Å². The minimum Gasteiger partial charge on any atom is -0.394 e. The summed E-state index contributed by atoms with van der Waals surface area (Å²) in [5.41, 5.74) is -0.752. The highest BCUT2D eigenvalue weighted by Crippen LogP contribution is 2.32. The largest absolute Gasteiger partial charge is 0.394 e. The third kappa shape index (κ3) is 3.24. The number of imidazole rings is 1. The lowest BCUT2D eigenvalue weighted by Gasteiger charge is -2.36. The molecule has 2 N–H and O–H groups in total. The Morgan fingerprint density at radius 3 is 2.86 bits per heavy atom. The zero-order valence-corrected chi connectivity index (χ0v) is 12.5. The Bertz CT molecular complexity index is 528. The molecule has 2 rings (SSSR count). The smallest absolute Gasteiger partial charge is 0.222 e. The molecule has 7 heteroatoms. The van der Waals surface area contributed by atoms with Crippen LogP contribution in [0.3, 0.4) is 0 Å². The molecule has 116 valence electrons. The summed E-state index contributed by atoms with van der Waals surface area (Å²) in [4.78, 5) is 29.6. The van der Waals surface area contributed by atoms with Crippen molar-refractivity contribution in [2.24, 2.45) is 7.05 Å². The third-order valence-electron chi connectivity index (χ3n) is 4.13. The predicted molar refractivity (Wildman–Crippen MR) is 76.1 cm³/mol. The lowest BCUT2D eigenvalue weighted by Crippen LogP contribution is -2.52. The maximum absolute atomic E-state index is 12.1. The van der Waals surface area contributed by atoms with Crippen LogP contribution < -0.4 is 5.32 Å². The van der Waals surface area contributed by atoms with Crippen molar-refractivity contribution in [3.63, 3.8) is 0 Å². The molecule has 21 heavy (non-hydrogen) atoms. The summed E-state index contributed by atoms with van der Waals surface area (Å²) in [6, 6.07) is 0. The van der Waals surface area contributed by atoms with Crippen LogP contribution >= 0.6 is 0 Å². The van der Waals surface area contributed by atoms with Crippen LogP contribution in [0.4, 0.5) is 0 Å². The molecule has 1 aromatic rings. The molecule has 1 aliphatic rings. The molecular formula is C14H22N4O3. The maximum atomic E-state index is 12.1. The minimum absolute atomic E-state index is 0.0987. The van der Waals surface area contributed by atoms with Crippen molar-refractivity contribution < 1.29 is 14.7 Å². The number of aryl methyl sites for hydroxylation is 1. The van der Waals surface area contributed by atoms with Crippen molar-refractivity contribution in [3.05, 3.63) is 18.2 Å². The SMILES string of the molecule is CC(=O)N1CCCC1(CO)CC(=O)NCc1nccn1C. The number of hydrogen-bond acceptors (Lipinski definition) is 4. The van der Waals surface area contributed by atoms with Crippen LogP contribution in [0.15, 0.2) is 12.4 Å². The van der Waals surface area contributed by atoms with Crippen molar-refractivity contribution in [1.29, 1.82) is 0 Å². The van der Waals surface area contributed by atoms with Crippen molar-refractivity contribution in [2.75, 3.05) is 13.2 Å². The van der Waals surface area contributed by atoms with E-state index >= 15 is 0 Å². The van der Waals surface area contributed by atoms with Crippen molar-refractivity contribution in [1.82, 2.24) is 19.8 Å². The van der Waals surface area contributed by atoms with E-state index in [0.29, 0.717) is 19.5 Å². The zero-order chi connectivity index (χ0) is 15.5. The summed E-state index contributed by atoms with van der Waals surface area (Å²) in [7, 11) is 1.86. The van der Waals surface area contributed by atoms with Crippen molar-refractivity contribution >= 4 is 11.8 Å². The summed E-state index contributed by atoms with van der Waals surface area (Å²) in [5.74, 6) is 0.481. The first-order chi connectivity index (χ1) is 9.98. The Morgan fingerprint density at radius 2 is 2.29 bits per heavy atom. The van der Waals surface area contributed by atoms with Gasteiger partial charge < -0.3 is 19.9 Å². The highest BCUT2D eigenvalue weighted by atomic mass is 16.3. The summed E-state index contributed by atoms with van der Waals surface area (Å²) < 4.78 is 1.83. The summed E-state index contributed by atoms with van der Waals surface area (Å²) in [6.07, 6.45) is 5.06. The third-order valence-corrected chi connectivity index (χ3v) is 4.13. The summed E-state index contributed by atoms with van der Waals surface area (Å²) >= 11 is 0. The van der Waals surface area contributed by atoms with E-state index in [4.69, 9.17) is 0 Å². The molecule has 0 aromatic carbocycles. The average Bonchev–Trinajstić information content (AvgIpc) is 3.03. The Morgan fingerprint density at radius 1 is 1.52 bits per heavy atom. The molecule has 0 radical (unpaired) electrons. The number of hydrogen-bond donors (Lipinski definition) is 2. The van der Waals surface area contributed by atoms with Crippen LogP contribution in [0.2, 0.25) is 0 Å². The second-order valence-corrected chi connectivity index (χ2v) is 5.56. The van der Waals surface area contributed by atoms with E-state index in [1.165, 1.54) is 6.92 Å². The molecule has 7 nitrogen and oxygen atoms in total. The molecule has 1 atom stereocenters. The van der Waals surface area contributed by atoms with Gasteiger partial charge in [0, 0.05) is 32.9 Å². The fraction of sp³-hybridized carbons (Fsp3) is 0.643. The minimum atomic E-state index is -0.752. The van der Waals surface area contributed by atoms with Gasteiger partial charge in [0.25, 0.3) is 0 Å². The van der Waals surface area contributed by atoms with Gasteiger partial charge in [-0.15, -0.1) is 0 Å². The van der Waals surface area contributed by atoms with Gasteiger partial charge in [0.05, 0.1) is 25.1 Å². The van der Waals surface area contributed by atoms with Crippen LogP contribution in [0, 0.1) is 0 Å². The molecule has 1 aromatic heterocycles. The molecule has 1 aliphatic heterocycles. The first-order valence-corrected chi connectivity index (χ1v) is 7.10. The second kappa shape index (κ2) is 6.26. The Hall–Kier alpha value is -1.89. The van der Waals surface area contributed by atoms with E-state index in [2.05, 4.69) is 10.3 Å². The van der Waals surface area contributed by atoms with E-state index in [1.54, 1.807) is 11.1 Å². The number of aliphatic hydroxyl groups excluding tert-OH is 1. The number of amides is 2. The van der Waals surface area contributed by atoms with Gasteiger partial charge in [-0.1, -0.05) is 0 Å². The molecule has 2 amide bonds. The summed E-state index contributed by atoms with van der Waals surface area (Å²) in [5, 5.41) is 12.5. The molecule has 1 fully saturated rings. The number of aromatic nitrogens is 2. The Kier molecular flexibility index (Phi) is 4.62. The van der Waals surface area contributed by atoms with Gasteiger partial charge in [-0.2, -0.15) is 0 Å². The van der Waals surface area contributed by atoms with Gasteiger partial charge in [0.1, 0.15) is 5.82 Å². The van der Waals surface area contributed by atoms with Gasteiger partial charge in [-0.05, 0) is 12.8 Å². The van der Waals surface area contributed by atoms with Crippen molar-refractivity contribution in [2.45, 2.75) is 38.3 Å². The molecule has 0 saturated carbocycles. The van der Waals surface area contributed by atoms with E-state index in [0.717, 1.165) is 12.2 Å². The number of carbonyl (C=O) groups is 2. The van der Waals surface area contributed by atoms with Crippen molar-refractivity contribution in [3.8, 4) is 0 Å². The highest BCUT2D eigenvalue weighted by Gasteiger charge is 2.43. The molecular weight excluding hydrogens is 272 g/mol. The average molecular weight is 294 g/mol. The van der Waals surface area contributed by atoms with E-state index in [9.17, 15) is 14.7 Å². The van der Waals surface area contributed by atoms with Gasteiger partial charge >= 0.3 is 0 Å². The van der Waals surface area contributed by atoms with E-state index in [1.807, 2.05) is 17.8 Å². The first kappa shape index (κ1) is 15.5. The number of rotatable bonds is 5. The lowest BCUT2D eigenvalue weighted by molar-refractivity contribution is -0.137. The number of nitrogens with zero attached hydrogens (tertiary/aromatic N) is 3. The van der Waals surface area contributed by atoms with Gasteiger partial charge in [0.15, 0.2) is 0 Å². The zero-order valence-electron chi connectivity index (χ0n) is 12.5. The fourth-order valence-electron chi connectivity index (χ4n) is 2.94. The van der Waals surface area contributed by atoms with Crippen LogP contribution in [0.1, 0.15) is 32.0 Å². The topological polar surface area (TPSA) is 87.5 Å². The van der Waals surface area contributed by atoms with E-state index in [-0.39, 0.29) is 24.8 Å². The molecule has 0 spiro atoms. The van der Waals surface area contributed by atoms with Crippen LogP contribution in [0.25, 0.3) is 0 Å². The second-order valence-electron chi connectivity index (χ2n) is 5.56. The van der Waals surface area contributed by atoms with Crippen LogP contribution in [-0.4, -0.2) is 50.1 Å². The number of carbonyl (C=O) groups excluding carboxylic acids is 2. The standard InChI is InChI=1S/C14H22N4O3/c1-11(20)18-6-3-4-14(18,10-19)8-13(21)16-9-12-15-5-7-17(12)2/h5,7,19H,3-4,6,8-10H2,1-2H3,(H,16,21). The molecule has 1 unspecified atom stereocenters. The predicted octanol–water partition coefficient (Wildman–Crippen LogP) is -0.200. The lowest BCUT2D eigenvalue weighted by atomic mass is 9.92. The van der Waals surface area contributed by atoms with Crippen LogP contribution in [0.5, 0.6) is 0 Å². The Labute approximate surface area is 124 Å². The van der Waals surface area contributed by atoms with Gasteiger partial charge in [-0.25, -0.2) is 4.98 Å². The number of aliphatic hydroxyl groups is 1. The molecule has 2 heterocycles. The Balaban J connectivity index is 1.97. The highest BCUT2D eigenvalue weighted by molar-refractivity contribution is 5.80. The normalized spacial score (nSPS) is 21.6. The van der Waals surface area contributed by atoms with E-state index < -0.39 is 5.54 Å². The van der Waals surface area contributed by atoms with Crippen LogP contribution in [-0.2, 0) is 23.2 Å². The monoisotopic (exact) mass is 294 g/mol. The first-order valence-electron chi connectivity index (χ1n) is 7.10. The molecule has 1 saturated heterocycles. The molecule has 0 aliphatic carbocycles. The number of nitrogens with one attached hydrogen (secondary N) is 1. The fourth-order valence-corrected chi connectivity index (χ4v) is 2.94.